The molecule has 0 N–H and O–H groups in total. The van der Waals surface area contributed by atoms with Gasteiger partial charge in [0.1, 0.15) is 5.82 Å². The largest absolute Gasteiger partial charge is 0.357 e. The molecule has 1 saturated heterocycles. The van der Waals surface area contributed by atoms with Crippen LogP contribution in [0.2, 0.25) is 5.02 Å². The summed E-state index contributed by atoms with van der Waals surface area (Å²) in [5.41, 5.74) is 1.85. The topological polar surface area (TPSA) is 69.6 Å². The predicted molar refractivity (Wildman–Crippen MR) is 124 cm³/mol. The van der Waals surface area contributed by atoms with Gasteiger partial charge in [0, 0.05) is 56.3 Å². The lowest BCUT2D eigenvalue weighted by atomic mass is 10.1. The van der Waals surface area contributed by atoms with Crippen molar-refractivity contribution in [2.24, 2.45) is 0 Å². The highest BCUT2D eigenvalue weighted by Crippen LogP contribution is 2.32. The van der Waals surface area contributed by atoms with Gasteiger partial charge in [-0.15, -0.1) is 0 Å². The molecule has 2 aliphatic rings. The highest BCUT2D eigenvalue weighted by atomic mass is 35.5. The number of piperidine rings is 1. The van der Waals surface area contributed by atoms with Crippen LogP contribution in [0.15, 0.2) is 29.2 Å². The second kappa shape index (κ2) is 8.92. The summed E-state index contributed by atoms with van der Waals surface area (Å²) in [7, 11) is -1.64. The molecule has 31 heavy (non-hydrogen) atoms. The molecular weight excluding hydrogens is 434 g/mol. The summed E-state index contributed by atoms with van der Waals surface area (Å²) in [5, 5.41) is 0.410. The highest BCUT2D eigenvalue weighted by Gasteiger charge is 2.33. The van der Waals surface area contributed by atoms with E-state index >= 15 is 0 Å². The first-order valence-corrected chi connectivity index (χ1v) is 12.7. The fraction of sp³-hybridized carbons (Fsp3) is 0.545. The van der Waals surface area contributed by atoms with Gasteiger partial charge in [0.05, 0.1) is 10.6 Å². The van der Waals surface area contributed by atoms with Gasteiger partial charge in [0.25, 0.3) is 0 Å². The summed E-state index contributed by atoms with van der Waals surface area (Å²) in [5.74, 6) is 1.60. The van der Waals surface area contributed by atoms with E-state index in [0.29, 0.717) is 18.0 Å². The van der Waals surface area contributed by atoms with Crippen molar-refractivity contribution in [3.63, 3.8) is 0 Å². The van der Waals surface area contributed by atoms with Gasteiger partial charge in [0.2, 0.25) is 16.0 Å². The minimum atomic E-state index is -3.66. The number of anilines is 2. The van der Waals surface area contributed by atoms with E-state index in [1.54, 1.807) is 18.2 Å². The van der Waals surface area contributed by atoms with Gasteiger partial charge in [-0.25, -0.2) is 13.4 Å². The fourth-order valence-electron chi connectivity index (χ4n) is 4.11. The number of hydrogen-bond donors (Lipinski definition) is 0. The lowest BCUT2D eigenvalue weighted by Gasteiger charge is -2.34. The second-order valence-electron chi connectivity index (χ2n) is 8.57. The van der Waals surface area contributed by atoms with Crippen LogP contribution in [-0.2, 0) is 23.0 Å². The number of fused-ring (bicyclic) bond motifs is 1. The number of hydrogen-bond acceptors (Lipinski definition) is 6. The summed E-state index contributed by atoms with van der Waals surface area (Å²) >= 11 is 6.05. The van der Waals surface area contributed by atoms with Gasteiger partial charge in [-0.2, -0.15) is 9.29 Å². The molecule has 2 aliphatic heterocycles. The number of benzene rings is 1. The molecule has 0 atom stereocenters. The van der Waals surface area contributed by atoms with Crippen LogP contribution in [0.5, 0.6) is 0 Å². The first-order chi connectivity index (χ1) is 14.8. The Morgan fingerprint density at radius 1 is 1.10 bits per heavy atom. The fourth-order valence-corrected chi connectivity index (χ4v) is 5.82. The van der Waals surface area contributed by atoms with Gasteiger partial charge >= 0.3 is 0 Å². The Morgan fingerprint density at radius 3 is 2.52 bits per heavy atom. The average molecular weight is 464 g/mol. The summed E-state index contributed by atoms with van der Waals surface area (Å²) in [6, 6.07) is 6.67. The lowest BCUT2D eigenvalue weighted by molar-refractivity contribution is 0.386. The molecule has 0 saturated carbocycles. The molecule has 0 amide bonds. The SMILES string of the molecule is CC(C)N(C)c1nc(N2CCCCC2)nc2c1CN(S(=O)(=O)c1cccc(Cl)c1)CC2. The van der Waals surface area contributed by atoms with Crippen LogP contribution < -0.4 is 9.80 Å². The number of rotatable bonds is 5. The molecule has 7 nitrogen and oxygen atoms in total. The van der Waals surface area contributed by atoms with E-state index in [9.17, 15) is 8.42 Å². The van der Waals surface area contributed by atoms with Gasteiger partial charge in [-0.05, 0) is 51.3 Å². The Kier molecular flexibility index (Phi) is 6.42. The third kappa shape index (κ3) is 4.52. The van der Waals surface area contributed by atoms with Crippen LogP contribution in [0, 0.1) is 0 Å². The van der Waals surface area contributed by atoms with Gasteiger partial charge in [0.15, 0.2) is 0 Å². The highest BCUT2D eigenvalue weighted by molar-refractivity contribution is 7.89. The Balaban J connectivity index is 1.72. The molecule has 1 aromatic carbocycles. The quantitative estimate of drug-likeness (QED) is 0.673. The summed E-state index contributed by atoms with van der Waals surface area (Å²) < 4.78 is 28.1. The van der Waals surface area contributed by atoms with E-state index in [1.165, 1.54) is 16.8 Å². The summed E-state index contributed by atoms with van der Waals surface area (Å²) in [6.07, 6.45) is 4.12. The first kappa shape index (κ1) is 22.3. The molecule has 0 spiro atoms. The molecule has 0 aliphatic carbocycles. The Bertz CT molecular complexity index is 1050. The molecule has 0 unspecified atom stereocenters. The normalized spacial score (nSPS) is 17.6. The molecule has 0 radical (unpaired) electrons. The zero-order valence-electron chi connectivity index (χ0n) is 18.4. The van der Waals surface area contributed by atoms with E-state index in [-0.39, 0.29) is 17.5 Å². The molecule has 1 fully saturated rings. The number of sulfonamides is 1. The number of nitrogens with zero attached hydrogens (tertiary/aromatic N) is 5. The second-order valence-corrected chi connectivity index (χ2v) is 10.9. The van der Waals surface area contributed by atoms with E-state index in [4.69, 9.17) is 21.6 Å². The van der Waals surface area contributed by atoms with E-state index in [1.807, 2.05) is 7.05 Å². The van der Waals surface area contributed by atoms with Crippen LogP contribution in [0.3, 0.4) is 0 Å². The molecule has 9 heteroatoms. The molecule has 3 heterocycles. The maximum atomic E-state index is 13.3. The Hall–Kier alpha value is -1.90. The van der Waals surface area contributed by atoms with Crippen molar-refractivity contribution in [2.75, 3.05) is 36.5 Å². The van der Waals surface area contributed by atoms with Crippen molar-refractivity contribution in [3.05, 3.63) is 40.5 Å². The Labute approximate surface area is 190 Å². The number of aromatic nitrogens is 2. The standard InChI is InChI=1S/C22H30ClN5O2S/c1-16(2)26(3)21-19-15-28(31(29,30)18-9-7-8-17(23)14-18)13-10-20(19)24-22(25-21)27-11-5-4-6-12-27/h7-9,14,16H,4-6,10-13,15H2,1-3H3. The Morgan fingerprint density at radius 2 is 1.84 bits per heavy atom. The van der Waals surface area contributed by atoms with Gasteiger partial charge < -0.3 is 9.80 Å². The van der Waals surface area contributed by atoms with E-state index in [2.05, 4.69) is 23.6 Å². The molecule has 168 valence electrons. The predicted octanol–water partition coefficient (Wildman–Crippen LogP) is 3.71. The molecule has 0 bridgehead atoms. The van der Waals surface area contributed by atoms with Crippen molar-refractivity contribution in [3.8, 4) is 0 Å². The van der Waals surface area contributed by atoms with E-state index in [0.717, 1.165) is 49.0 Å². The van der Waals surface area contributed by atoms with Gasteiger partial charge in [-0.1, -0.05) is 17.7 Å². The van der Waals surface area contributed by atoms with Crippen molar-refractivity contribution in [2.45, 2.75) is 57.0 Å². The number of halogens is 1. The first-order valence-electron chi connectivity index (χ1n) is 10.9. The van der Waals surface area contributed by atoms with Gasteiger partial charge in [-0.3, -0.25) is 0 Å². The van der Waals surface area contributed by atoms with Crippen LogP contribution in [0.4, 0.5) is 11.8 Å². The molecule has 1 aromatic heterocycles. The minimum Gasteiger partial charge on any atom is -0.357 e. The molecule has 4 rings (SSSR count). The van der Waals surface area contributed by atoms with Crippen LogP contribution in [-0.4, -0.2) is 55.4 Å². The lowest BCUT2D eigenvalue weighted by Crippen LogP contribution is -2.39. The van der Waals surface area contributed by atoms with E-state index < -0.39 is 10.0 Å². The zero-order valence-corrected chi connectivity index (χ0v) is 20.0. The van der Waals surface area contributed by atoms with Crippen LogP contribution in [0.1, 0.15) is 44.4 Å². The van der Waals surface area contributed by atoms with Crippen molar-refractivity contribution in [1.82, 2.24) is 14.3 Å². The molecule has 2 aromatic rings. The van der Waals surface area contributed by atoms with Crippen LogP contribution >= 0.6 is 11.6 Å². The molecular formula is C22H30ClN5O2S. The minimum absolute atomic E-state index is 0.216. The third-order valence-corrected chi connectivity index (χ3v) is 8.25. The van der Waals surface area contributed by atoms with Crippen molar-refractivity contribution < 1.29 is 8.42 Å². The van der Waals surface area contributed by atoms with Crippen molar-refractivity contribution in [1.29, 1.82) is 0 Å². The smallest absolute Gasteiger partial charge is 0.243 e. The van der Waals surface area contributed by atoms with Crippen LogP contribution in [0.25, 0.3) is 0 Å². The maximum Gasteiger partial charge on any atom is 0.243 e. The monoisotopic (exact) mass is 463 g/mol. The average Bonchev–Trinajstić information content (AvgIpc) is 2.78. The summed E-state index contributed by atoms with van der Waals surface area (Å²) in [4.78, 5) is 14.4. The third-order valence-electron chi connectivity index (χ3n) is 6.17. The summed E-state index contributed by atoms with van der Waals surface area (Å²) in [6.45, 7) is 6.81. The maximum absolute atomic E-state index is 13.3. The zero-order chi connectivity index (χ0) is 22.2. The van der Waals surface area contributed by atoms with Crippen molar-refractivity contribution >= 4 is 33.4 Å².